The van der Waals surface area contributed by atoms with Gasteiger partial charge in [-0.3, -0.25) is 14.4 Å². The second kappa shape index (κ2) is 16.3. The van der Waals surface area contributed by atoms with Crippen LogP contribution in [-0.4, -0.2) is 74.4 Å². The molecule has 2 aliphatic rings. The van der Waals surface area contributed by atoms with Crippen molar-refractivity contribution in [3.8, 4) is 0 Å². The number of aliphatic hydroxyl groups excluding tert-OH is 1. The number of primary amides is 1. The topological polar surface area (TPSA) is 163 Å². The summed E-state index contributed by atoms with van der Waals surface area (Å²) in [6.07, 6.45) is 2.46. The van der Waals surface area contributed by atoms with Crippen LogP contribution < -0.4 is 11.1 Å². The van der Waals surface area contributed by atoms with Crippen LogP contribution in [-0.2, 0) is 33.3 Å². The number of fused-ring (bicyclic) bond motifs is 2. The van der Waals surface area contributed by atoms with Crippen LogP contribution in [0.2, 0.25) is 0 Å². The van der Waals surface area contributed by atoms with Crippen molar-refractivity contribution >= 4 is 29.1 Å². The predicted molar refractivity (Wildman–Crippen MR) is 172 cm³/mol. The Labute approximate surface area is 269 Å². The van der Waals surface area contributed by atoms with E-state index >= 15 is 0 Å². The Hall–Kier alpha value is -4.32. The van der Waals surface area contributed by atoms with Crippen LogP contribution in [0.15, 0.2) is 82.8 Å². The van der Waals surface area contributed by atoms with Crippen LogP contribution in [0.4, 0.5) is 4.79 Å². The lowest BCUT2D eigenvalue weighted by molar-refractivity contribution is -0.120. The third-order valence-electron chi connectivity index (χ3n) is 8.17. The summed E-state index contributed by atoms with van der Waals surface area (Å²) in [6.45, 7) is 6.96. The first kappa shape index (κ1) is 36.2. The van der Waals surface area contributed by atoms with Gasteiger partial charge in [0.2, 0.25) is 11.6 Å². The Morgan fingerprint density at radius 1 is 1.00 bits per heavy atom. The molecule has 0 aromatic heterocycles. The average Bonchev–Trinajstić information content (AvgIpc) is 3.02. The van der Waals surface area contributed by atoms with Crippen molar-refractivity contribution < 1.29 is 43.2 Å². The van der Waals surface area contributed by atoms with Gasteiger partial charge in [-0.1, -0.05) is 68.5 Å². The molecule has 1 aromatic carbocycles. The molecule has 3 rings (SSSR count). The number of benzene rings is 1. The second-order valence-corrected chi connectivity index (χ2v) is 11.6. The number of ether oxygens (including phenoxy) is 4. The number of aliphatic hydroxyl groups is 1. The molecule has 11 heteroatoms. The molecule has 248 valence electrons. The van der Waals surface area contributed by atoms with Gasteiger partial charge in [0.05, 0.1) is 24.9 Å². The van der Waals surface area contributed by atoms with Gasteiger partial charge in [0, 0.05) is 31.3 Å². The maximum Gasteiger partial charge on any atom is 0.405 e. The predicted octanol–water partition coefficient (Wildman–Crippen LogP) is 3.94. The molecule has 1 aliphatic heterocycles. The fraction of sp³-hybridized carbons (Fsp3) is 0.429. The molecular weight excluding hydrogens is 592 g/mol. The van der Waals surface area contributed by atoms with Gasteiger partial charge in [-0.25, -0.2) is 4.79 Å². The number of ketones is 2. The molecule has 2 amide bonds. The minimum Gasteiger partial charge on any atom is -0.492 e. The summed E-state index contributed by atoms with van der Waals surface area (Å²) >= 11 is 0. The van der Waals surface area contributed by atoms with Crippen LogP contribution in [0.3, 0.4) is 0 Å². The number of methoxy groups -OCH3 is 3. The lowest BCUT2D eigenvalue weighted by Gasteiger charge is -2.30. The van der Waals surface area contributed by atoms with Crippen LogP contribution in [0.5, 0.6) is 0 Å². The zero-order valence-electron chi connectivity index (χ0n) is 27.4. The highest BCUT2D eigenvalue weighted by molar-refractivity contribution is 6.39. The van der Waals surface area contributed by atoms with E-state index in [0.29, 0.717) is 17.6 Å². The van der Waals surface area contributed by atoms with E-state index in [2.05, 4.69) is 5.32 Å². The number of nitrogens with two attached hydrogens (primary N) is 1. The van der Waals surface area contributed by atoms with E-state index in [9.17, 15) is 24.3 Å². The van der Waals surface area contributed by atoms with Gasteiger partial charge in [0.15, 0.2) is 11.9 Å². The van der Waals surface area contributed by atoms with Crippen LogP contribution in [0.25, 0.3) is 5.57 Å². The van der Waals surface area contributed by atoms with Crippen molar-refractivity contribution in [3.05, 3.63) is 88.4 Å². The Kier molecular flexibility index (Phi) is 12.8. The molecular formula is C35H44N2O9. The van der Waals surface area contributed by atoms with E-state index < -0.39 is 53.9 Å². The van der Waals surface area contributed by atoms with Crippen molar-refractivity contribution in [2.75, 3.05) is 21.3 Å². The SMILES string of the molecule is COC1=C2C[C@@H](C)C[C@H](OC)[C@H](O)[C@H](C)/C=C(\C)C(OC(N)=O)[C@@H](OC)/C=C\C=C(/C)C(=O)NC(=C(c3ccccc3)C1=O)C2=O. The Balaban J connectivity index is 2.20. The maximum atomic E-state index is 14.1. The van der Waals surface area contributed by atoms with Crippen molar-refractivity contribution in [3.63, 3.8) is 0 Å². The first-order valence-corrected chi connectivity index (χ1v) is 15.0. The number of Topliss-reactive ketones (excluding diaryl/α,β-unsaturated/α-hetero) is 2. The Morgan fingerprint density at radius 3 is 2.26 bits per heavy atom. The van der Waals surface area contributed by atoms with E-state index in [0.717, 1.165) is 0 Å². The van der Waals surface area contributed by atoms with Gasteiger partial charge in [-0.15, -0.1) is 0 Å². The van der Waals surface area contributed by atoms with Crippen molar-refractivity contribution in [2.45, 2.75) is 65.0 Å². The number of carbonyl (C=O) groups excluding carboxylic acids is 4. The van der Waals surface area contributed by atoms with Gasteiger partial charge < -0.3 is 35.1 Å². The van der Waals surface area contributed by atoms with E-state index in [4.69, 9.17) is 24.7 Å². The summed E-state index contributed by atoms with van der Waals surface area (Å²) in [6, 6.07) is 8.59. The molecule has 1 unspecified atom stereocenters. The minimum absolute atomic E-state index is 0.0212. The number of rotatable bonds is 5. The quantitative estimate of drug-likeness (QED) is 0.321. The molecule has 0 fully saturated rings. The standard InChI is InChI=1S/C35H44N2O9/c1-19-16-24-30(39)28(27(31(40)33(24)45-7)23-13-9-8-10-14-23)37-34(41)20(2)12-11-15-25(43-5)32(46-35(36)42)22(4)18-21(3)29(38)26(17-19)44-6/h8-15,18-19,21,25-26,29,32,38H,16-17H2,1-7H3,(H2,36,42)(H,37,41)/b15-11-,20-12+,22-18+/t19-,21-,25+,26+,29-,32?/m1/s1. The van der Waals surface area contributed by atoms with Crippen LogP contribution >= 0.6 is 0 Å². The molecule has 0 radical (unpaired) electrons. The highest BCUT2D eigenvalue weighted by atomic mass is 16.6. The molecule has 4 N–H and O–H groups in total. The fourth-order valence-electron chi connectivity index (χ4n) is 5.73. The Morgan fingerprint density at radius 2 is 1.67 bits per heavy atom. The highest BCUT2D eigenvalue weighted by Crippen LogP contribution is 2.35. The summed E-state index contributed by atoms with van der Waals surface area (Å²) in [5, 5.41) is 14.0. The monoisotopic (exact) mass is 636 g/mol. The molecule has 2 bridgehead atoms. The Bertz CT molecular complexity index is 1470. The van der Waals surface area contributed by atoms with E-state index in [1.54, 1.807) is 69.3 Å². The third-order valence-corrected chi connectivity index (χ3v) is 8.17. The summed E-state index contributed by atoms with van der Waals surface area (Å²) in [5.41, 5.74) is 6.61. The number of allylic oxidation sites excluding steroid dienone is 4. The first-order valence-electron chi connectivity index (χ1n) is 15.0. The van der Waals surface area contributed by atoms with Crippen molar-refractivity contribution in [2.24, 2.45) is 17.6 Å². The van der Waals surface area contributed by atoms with Gasteiger partial charge in [-0.05, 0) is 43.7 Å². The molecule has 0 spiro atoms. The summed E-state index contributed by atoms with van der Waals surface area (Å²) in [5.74, 6) is -2.49. The molecule has 1 aromatic rings. The first-order chi connectivity index (χ1) is 21.8. The van der Waals surface area contributed by atoms with Gasteiger partial charge in [0.25, 0.3) is 5.91 Å². The summed E-state index contributed by atoms with van der Waals surface area (Å²) in [4.78, 5) is 53.3. The van der Waals surface area contributed by atoms with E-state index in [-0.39, 0.29) is 40.5 Å². The molecule has 1 aliphatic carbocycles. The van der Waals surface area contributed by atoms with Crippen LogP contribution in [0.1, 0.15) is 46.1 Å². The molecule has 0 saturated carbocycles. The third kappa shape index (κ3) is 8.48. The van der Waals surface area contributed by atoms with E-state index in [1.807, 2.05) is 6.92 Å². The molecule has 1 heterocycles. The average molecular weight is 637 g/mol. The number of nitrogens with one attached hydrogen (secondary N) is 1. The maximum absolute atomic E-state index is 14.1. The van der Waals surface area contributed by atoms with Crippen molar-refractivity contribution in [1.29, 1.82) is 0 Å². The smallest absolute Gasteiger partial charge is 0.405 e. The zero-order valence-corrected chi connectivity index (χ0v) is 27.4. The van der Waals surface area contributed by atoms with Gasteiger partial charge >= 0.3 is 6.09 Å². The number of hydrogen-bond acceptors (Lipinski definition) is 9. The summed E-state index contributed by atoms with van der Waals surface area (Å²) in [7, 11) is 4.25. The number of carbonyl (C=O) groups is 4. The molecule has 46 heavy (non-hydrogen) atoms. The summed E-state index contributed by atoms with van der Waals surface area (Å²) < 4.78 is 22.2. The van der Waals surface area contributed by atoms with Crippen LogP contribution in [0, 0.1) is 11.8 Å². The minimum atomic E-state index is -1.01. The molecule has 6 atom stereocenters. The lowest BCUT2D eigenvalue weighted by Crippen LogP contribution is -2.37. The largest absolute Gasteiger partial charge is 0.492 e. The zero-order chi connectivity index (χ0) is 34.1. The van der Waals surface area contributed by atoms with Gasteiger partial charge in [-0.2, -0.15) is 0 Å². The van der Waals surface area contributed by atoms with E-state index in [1.165, 1.54) is 27.4 Å². The highest BCUT2D eigenvalue weighted by Gasteiger charge is 2.38. The lowest BCUT2D eigenvalue weighted by atomic mass is 9.82. The van der Waals surface area contributed by atoms with Gasteiger partial charge in [0.1, 0.15) is 11.8 Å². The molecule has 11 nitrogen and oxygen atoms in total. The molecule has 0 saturated heterocycles. The number of hydrogen-bond donors (Lipinski definition) is 3. The van der Waals surface area contributed by atoms with Crippen molar-refractivity contribution in [1.82, 2.24) is 5.32 Å². The fourth-order valence-corrected chi connectivity index (χ4v) is 5.73. The normalized spacial score (nSPS) is 30.1. The second-order valence-electron chi connectivity index (χ2n) is 11.6. The number of amides is 2.